The molecule has 2 saturated carbocycles. The van der Waals surface area contributed by atoms with Gasteiger partial charge in [-0.2, -0.15) is 0 Å². The van der Waals surface area contributed by atoms with Crippen molar-refractivity contribution in [3.8, 4) is 5.69 Å². The van der Waals surface area contributed by atoms with Crippen LogP contribution in [-0.4, -0.2) is 49.3 Å². The van der Waals surface area contributed by atoms with Gasteiger partial charge >= 0.3 is 5.97 Å². The topological polar surface area (TPSA) is 147 Å². The third kappa shape index (κ3) is 4.53. The molecule has 2 aromatic rings. The van der Waals surface area contributed by atoms with Gasteiger partial charge in [-0.25, -0.2) is 12.8 Å². The van der Waals surface area contributed by atoms with Gasteiger partial charge in [-0.3, -0.25) is 9.59 Å². The number of aromatic nitrogens is 1. The number of nitrogens with two attached hydrogens (primary N) is 2. The molecule has 1 aliphatic heterocycles. The van der Waals surface area contributed by atoms with E-state index < -0.39 is 27.5 Å². The average Bonchev–Trinajstić information content (AvgIpc) is 3.43. The highest BCUT2D eigenvalue weighted by molar-refractivity contribution is 7.91. The van der Waals surface area contributed by atoms with E-state index >= 15 is 4.39 Å². The van der Waals surface area contributed by atoms with Crippen molar-refractivity contribution in [1.29, 1.82) is 0 Å². The molecule has 0 bridgehead atoms. The Hall–Kier alpha value is -2.92. The summed E-state index contributed by atoms with van der Waals surface area (Å²) >= 11 is 0. The molecule has 1 aromatic heterocycles. The van der Waals surface area contributed by atoms with Gasteiger partial charge in [0.15, 0.2) is 9.84 Å². The third-order valence-electron chi connectivity index (χ3n) is 9.11. The number of fused-ring (bicyclic) bond motifs is 3. The molecule has 11 heteroatoms. The lowest BCUT2D eigenvalue weighted by molar-refractivity contribution is -0.148. The van der Waals surface area contributed by atoms with Crippen molar-refractivity contribution in [1.82, 2.24) is 4.57 Å². The fourth-order valence-corrected chi connectivity index (χ4v) is 9.70. The molecule has 3 aliphatic carbocycles. The normalized spacial score (nSPS) is 24.5. The number of amides is 1. The Morgan fingerprint density at radius 1 is 1.10 bits per heavy atom. The second-order valence-electron chi connectivity index (χ2n) is 11.7. The van der Waals surface area contributed by atoms with Crippen LogP contribution in [0.25, 0.3) is 5.69 Å². The minimum absolute atomic E-state index is 0.0755. The van der Waals surface area contributed by atoms with E-state index in [1.807, 2.05) is 4.57 Å². The largest absolute Gasteiger partial charge is 0.461 e. The predicted molar refractivity (Wildman–Crippen MR) is 143 cm³/mol. The number of sulfone groups is 1. The lowest BCUT2D eigenvalue weighted by atomic mass is 9.67. The number of halogens is 1. The monoisotopic (exact) mass is 558 g/mol. The van der Waals surface area contributed by atoms with Crippen LogP contribution < -0.4 is 16.8 Å². The van der Waals surface area contributed by atoms with Gasteiger partial charge in [0.2, 0.25) is 0 Å². The number of primary amides is 1. The number of nitrogens with zero attached hydrogens (tertiary/aromatic N) is 1. The number of esters is 1. The van der Waals surface area contributed by atoms with Crippen LogP contribution in [0.15, 0.2) is 17.0 Å². The van der Waals surface area contributed by atoms with Gasteiger partial charge in [0, 0.05) is 17.4 Å². The number of rotatable bonds is 6. The van der Waals surface area contributed by atoms with Crippen molar-refractivity contribution in [3.63, 3.8) is 0 Å². The summed E-state index contributed by atoms with van der Waals surface area (Å²) in [7, 11) is -3.45. The second-order valence-corrected chi connectivity index (χ2v) is 13.6. The Bertz CT molecular complexity index is 1450. The highest BCUT2D eigenvalue weighted by Crippen LogP contribution is 2.52. The van der Waals surface area contributed by atoms with E-state index in [4.69, 9.17) is 16.2 Å². The molecule has 0 saturated heterocycles. The predicted octanol–water partition coefficient (Wildman–Crippen LogP) is 2.93. The van der Waals surface area contributed by atoms with Gasteiger partial charge in [0.25, 0.3) is 5.91 Å². The number of benzene rings is 1. The minimum Gasteiger partial charge on any atom is -0.461 e. The standard InChI is InChI=1S/C28H35FN4O5S/c29-20-11-17(12-21(25(20)27(31)35)32-16-5-7-18(8-6-16)38-24(34)14-30)33-22-4-1-3-19(22)26-23(33)13-28(9-2-10-28)15-39(26,36)37/h11-12,16,18,32H,1-10,13-15,30H2,(H2,31,35)/t16-,18-. The van der Waals surface area contributed by atoms with Crippen molar-refractivity contribution in [2.24, 2.45) is 16.9 Å². The molecule has 0 radical (unpaired) electrons. The van der Waals surface area contributed by atoms with Crippen LogP contribution in [0.4, 0.5) is 10.1 Å². The molecule has 5 N–H and O–H groups in total. The molecular weight excluding hydrogens is 523 g/mol. The van der Waals surface area contributed by atoms with Crippen LogP contribution in [0.2, 0.25) is 0 Å². The smallest absolute Gasteiger partial charge is 0.319 e. The van der Waals surface area contributed by atoms with Crippen molar-refractivity contribution in [2.45, 2.75) is 87.7 Å². The van der Waals surface area contributed by atoms with Gasteiger partial charge in [0.05, 0.1) is 34.1 Å². The Morgan fingerprint density at radius 2 is 1.85 bits per heavy atom. The Labute approximate surface area is 227 Å². The van der Waals surface area contributed by atoms with Gasteiger partial charge < -0.3 is 26.1 Å². The van der Waals surface area contributed by atoms with Gasteiger partial charge in [-0.1, -0.05) is 6.42 Å². The number of anilines is 1. The fourth-order valence-electron chi connectivity index (χ4n) is 7.24. The van der Waals surface area contributed by atoms with Crippen LogP contribution >= 0.6 is 0 Å². The molecule has 0 unspecified atom stereocenters. The number of hydrogen-bond donors (Lipinski definition) is 3. The summed E-state index contributed by atoms with van der Waals surface area (Å²) in [4.78, 5) is 24.3. The van der Waals surface area contributed by atoms with Crippen molar-refractivity contribution >= 4 is 27.4 Å². The minimum atomic E-state index is -3.45. The van der Waals surface area contributed by atoms with Crippen molar-refractivity contribution in [3.05, 3.63) is 40.5 Å². The Kier molecular flexibility index (Phi) is 6.49. The van der Waals surface area contributed by atoms with E-state index in [0.29, 0.717) is 54.8 Å². The molecular formula is C28H35FN4O5S. The van der Waals surface area contributed by atoms with Gasteiger partial charge in [-0.15, -0.1) is 0 Å². The summed E-state index contributed by atoms with van der Waals surface area (Å²) in [6, 6.07) is 2.97. The van der Waals surface area contributed by atoms with E-state index in [-0.39, 0.29) is 35.4 Å². The highest BCUT2D eigenvalue weighted by Gasteiger charge is 2.49. The SMILES string of the molecule is NCC(=O)O[C@H]1CC[C@H](Nc2cc(-n3c4c(c5c3CC3(CCC3)CS5(=O)=O)CCC4)cc(F)c2C(N)=O)CC1. The third-order valence-corrected chi connectivity index (χ3v) is 11.2. The maximum Gasteiger partial charge on any atom is 0.319 e. The first-order valence-corrected chi connectivity index (χ1v) is 15.5. The Balaban J connectivity index is 1.38. The number of hydrogen-bond acceptors (Lipinski definition) is 7. The number of carbonyl (C=O) groups excluding carboxylic acids is 2. The molecule has 2 fully saturated rings. The maximum absolute atomic E-state index is 15.6. The van der Waals surface area contributed by atoms with Crippen molar-refractivity contribution in [2.75, 3.05) is 17.6 Å². The maximum atomic E-state index is 15.6. The summed E-state index contributed by atoms with van der Waals surface area (Å²) in [5.74, 6) is -1.86. The molecule has 39 heavy (non-hydrogen) atoms. The number of nitrogens with one attached hydrogen (secondary N) is 1. The lowest BCUT2D eigenvalue weighted by Crippen LogP contribution is -2.43. The summed E-state index contributed by atoms with van der Waals surface area (Å²) in [6.07, 6.45) is 8.04. The van der Waals surface area contributed by atoms with Crippen LogP contribution in [0, 0.1) is 11.2 Å². The molecule has 6 rings (SSSR count). The van der Waals surface area contributed by atoms with Crippen LogP contribution in [-0.2, 0) is 38.6 Å². The molecule has 4 aliphatic rings. The highest BCUT2D eigenvalue weighted by atomic mass is 32.2. The molecule has 1 aromatic carbocycles. The lowest BCUT2D eigenvalue weighted by Gasteiger charge is -2.44. The summed E-state index contributed by atoms with van der Waals surface area (Å²) in [6.45, 7) is -0.165. The molecule has 9 nitrogen and oxygen atoms in total. The van der Waals surface area contributed by atoms with E-state index in [2.05, 4.69) is 5.32 Å². The molecule has 1 spiro atoms. The fraction of sp³-hybridized carbons (Fsp3) is 0.571. The number of ether oxygens (including phenoxy) is 1. The average molecular weight is 559 g/mol. The molecule has 210 valence electrons. The second kappa shape index (κ2) is 9.62. The first-order valence-electron chi connectivity index (χ1n) is 13.9. The summed E-state index contributed by atoms with van der Waals surface area (Å²) in [5.41, 5.74) is 13.9. The van der Waals surface area contributed by atoms with E-state index in [1.54, 1.807) is 6.07 Å². The van der Waals surface area contributed by atoms with Crippen molar-refractivity contribution < 1.29 is 27.1 Å². The van der Waals surface area contributed by atoms with Crippen LogP contribution in [0.5, 0.6) is 0 Å². The van der Waals surface area contributed by atoms with Gasteiger partial charge in [-0.05, 0) is 87.3 Å². The van der Waals surface area contributed by atoms with E-state index in [0.717, 1.165) is 49.1 Å². The number of carbonyl (C=O) groups is 2. The Morgan fingerprint density at radius 3 is 2.49 bits per heavy atom. The zero-order valence-electron chi connectivity index (χ0n) is 21.9. The van der Waals surface area contributed by atoms with Crippen LogP contribution in [0.1, 0.15) is 78.7 Å². The van der Waals surface area contributed by atoms with Gasteiger partial charge in [0.1, 0.15) is 11.9 Å². The summed E-state index contributed by atoms with van der Waals surface area (Å²) in [5, 5.41) is 3.33. The van der Waals surface area contributed by atoms with E-state index in [1.165, 1.54) is 6.07 Å². The summed E-state index contributed by atoms with van der Waals surface area (Å²) < 4.78 is 50.0. The zero-order chi connectivity index (χ0) is 27.5. The van der Waals surface area contributed by atoms with Crippen LogP contribution in [0.3, 0.4) is 0 Å². The first kappa shape index (κ1) is 26.3. The van der Waals surface area contributed by atoms with E-state index in [9.17, 15) is 18.0 Å². The molecule has 2 heterocycles. The molecule has 0 atom stereocenters. The first-order chi connectivity index (χ1) is 18.6. The molecule has 1 amide bonds. The quantitative estimate of drug-likeness (QED) is 0.462. The zero-order valence-corrected chi connectivity index (χ0v) is 22.7.